The number of benzene rings is 2. The van der Waals surface area contributed by atoms with E-state index in [-0.39, 0.29) is 23.0 Å². The third kappa shape index (κ3) is 2.30. The Labute approximate surface area is 142 Å². The molecule has 0 unspecified atom stereocenters. The van der Waals surface area contributed by atoms with Gasteiger partial charge in [0, 0.05) is 19.6 Å². The lowest BCUT2D eigenvalue weighted by Gasteiger charge is -1.99. The van der Waals surface area contributed by atoms with Crippen molar-refractivity contribution in [3.63, 3.8) is 0 Å². The summed E-state index contributed by atoms with van der Waals surface area (Å²) in [7, 11) is 0. The fraction of sp³-hybridized carbons (Fsp3) is 0. The first-order valence-electron chi connectivity index (χ1n) is 6.09. The second-order valence-electron chi connectivity index (χ2n) is 4.56. The molecule has 0 bridgehead atoms. The van der Waals surface area contributed by atoms with E-state index in [9.17, 15) is 20.4 Å². The Hall–Kier alpha value is -1.22. The van der Waals surface area contributed by atoms with Crippen molar-refractivity contribution in [1.29, 1.82) is 0 Å². The van der Waals surface area contributed by atoms with E-state index in [2.05, 4.69) is 0 Å². The van der Waals surface area contributed by atoms with Crippen LogP contribution in [0.5, 0.6) is 23.0 Å². The Kier molecular flexibility index (Phi) is 3.37. The molecule has 22 heavy (non-hydrogen) atoms. The molecule has 2 aliphatic rings. The highest BCUT2D eigenvalue weighted by molar-refractivity contribution is 8.30. The van der Waals surface area contributed by atoms with Crippen molar-refractivity contribution < 1.29 is 20.4 Å². The van der Waals surface area contributed by atoms with Crippen LogP contribution in [0.2, 0.25) is 0 Å². The zero-order valence-corrected chi connectivity index (χ0v) is 14.0. The van der Waals surface area contributed by atoms with Crippen molar-refractivity contribution in [1.82, 2.24) is 0 Å². The molecule has 0 radical (unpaired) electrons. The van der Waals surface area contributed by atoms with Gasteiger partial charge in [-0.15, -0.1) is 0 Å². The standard InChI is InChI=1S/C14H8O4S4/c15-5-1-9-10(2-6(5)16)20-13(19-9)14-21-11-3-7(17)8(18)4-12(11)22-14/h1-4,15-18H. The van der Waals surface area contributed by atoms with E-state index in [0.717, 1.165) is 28.1 Å². The Balaban J connectivity index is 1.68. The number of hydrogen-bond donors (Lipinski definition) is 4. The van der Waals surface area contributed by atoms with Gasteiger partial charge in [0.2, 0.25) is 0 Å². The summed E-state index contributed by atoms with van der Waals surface area (Å²) >= 11 is 6.16. The summed E-state index contributed by atoms with van der Waals surface area (Å²) in [6.07, 6.45) is 0. The lowest BCUT2D eigenvalue weighted by Crippen LogP contribution is -1.72. The van der Waals surface area contributed by atoms with Gasteiger partial charge < -0.3 is 20.4 Å². The maximum absolute atomic E-state index is 9.58. The fourth-order valence-corrected chi connectivity index (χ4v) is 7.37. The zero-order chi connectivity index (χ0) is 15.4. The highest BCUT2D eigenvalue weighted by atomic mass is 32.2. The molecule has 4 nitrogen and oxygen atoms in total. The zero-order valence-electron chi connectivity index (χ0n) is 10.7. The van der Waals surface area contributed by atoms with Gasteiger partial charge in [0.25, 0.3) is 0 Å². The molecule has 0 fully saturated rings. The van der Waals surface area contributed by atoms with Gasteiger partial charge in [-0.2, -0.15) is 0 Å². The summed E-state index contributed by atoms with van der Waals surface area (Å²) < 4.78 is 2.12. The largest absolute Gasteiger partial charge is 0.504 e. The quantitative estimate of drug-likeness (QED) is 0.497. The first-order chi connectivity index (χ1) is 10.5. The predicted octanol–water partition coefficient (Wildman–Crippen LogP) is 4.73. The molecule has 2 heterocycles. The number of thioether (sulfide) groups is 4. The summed E-state index contributed by atoms with van der Waals surface area (Å²) in [5, 5.41) is 38.3. The molecular weight excluding hydrogens is 360 g/mol. The van der Waals surface area contributed by atoms with Crippen LogP contribution >= 0.6 is 47.0 Å². The van der Waals surface area contributed by atoms with Gasteiger partial charge in [0.05, 0.1) is 8.47 Å². The molecule has 0 aliphatic carbocycles. The minimum atomic E-state index is -0.122. The Morgan fingerprint density at radius 1 is 0.455 bits per heavy atom. The Bertz CT molecular complexity index is 712. The average molecular weight is 368 g/mol. The Morgan fingerprint density at radius 3 is 0.909 bits per heavy atom. The fourth-order valence-electron chi connectivity index (χ4n) is 2.00. The highest BCUT2D eigenvalue weighted by Crippen LogP contribution is 2.62. The van der Waals surface area contributed by atoms with E-state index in [1.165, 1.54) is 0 Å². The van der Waals surface area contributed by atoms with E-state index in [1.807, 2.05) is 0 Å². The van der Waals surface area contributed by atoms with Gasteiger partial charge in [0.1, 0.15) is 0 Å². The number of fused-ring (bicyclic) bond motifs is 2. The number of phenols is 4. The maximum atomic E-state index is 9.58. The van der Waals surface area contributed by atoms with E-state index < -0.39 is 0 Å². The van der Waals surface area contributed by atoms with E-state index in [1.54, 1.807) is 71.3 Å². The molecule has 0 saturated carbocycles. The third-order valence-electron chi connectivity index (χ3n) is 3.06. The van der Waals surface area contributed by atoms with Crippen LogP contribution < -0.4 is 0 Å². The molecule has 8 heteroatoms. The minimum absolute atomic E-state index is 0.122. The maximum Gasteiger partial charge on any atom is 0.158 e. The van der Waals surface area contributed by atoms with Crippen LogP contribution in [-0.4, -0.2) is 20.4 Å². The molecule has 0 amide bonds. The van der Waals surface area contributed by atoms with Crippen LogP contribution in [0.15, 0.2) is 52.3 Å². The van der Waals surface area contributed by atoms with Crippen molar-refractivity contribution in [2.24, 2.45) is 0 Å². The molecule has 2 aromatic carbocycles. The van der Waals surface area contributed by atoms with E-state index in [4.69, 9.17) is 0 Å². The van der Waals surface area contributed by atoms with Crippen molar-refractivity contribution in [2.45, 2.75) is 19.6 Å². The highest BCUT2D eigenvalue weighted by Gasteiger charge is 2.28. The number of rotatable bonds is 0. The molecule has 4 rings (SSSR count). The van der Waals surface area contributed by atoms with Gasteiger partial charge in [0.15, 0.2) is 23.0 Å². The van der Waals surface area contributed by atoms with Crippen LogP contribution in [0.25, 0.3) is 0 Å². The molecule has 2 aromatic rings. The summed E-state index contributed by atoms with van der Waals surface area (Å²) in [5.74, 6) is -0.489. The SMILES string of the molecule is Oc1cc2c(cc1O)SC(=C1Sc3cc(O)c(O)cc3S1)S2. The van der Waals surface area contributed by atoms with Crippen LogP contribution in [0.4, 0.5) is 0 Å². The van der Waals surface area contributed by atoms with Crippen molar-refractivity contribution in [3.8, 4) is 23.0 Å². The first-order valence-corrected chi connectivity index (χ1v) is 9.35. The van der Waals surface area contributed by atoms with Crippen LogP contribution in [0.3, 0.4) is 0 Å². The summed E-state index contributed by atoms with van der Waals surface area (Å²) in [6, 6.07) is 6.24. The molecule has 4 N–H and O–H groups in total. The van der Waals surface area contributed by atoms with Crippen molar-refractivity contribution in [3.05, 3.63) is 32.7 Å². The third-order valence-corrected chi connectivity index (χ3v) is 8.62. The molecule has 0 atom stereocenters. The van der Waals surface area contributed by atoms with Crippen molar-refractivity contribution in [2.75, 3.05) is 0 Å². The van der Waals surface area contributed by atoms with Crippen molar-refractivity contribution >= 4 is 47.0 Å². The number of phenolic OH excluding ortho intramolecular Hbond substituents is 4. The van der Waals surface area contributed by atoms with Gasteiger partial charge in [-0.3, -0.25) is 0 Å². The predicted molar refractivity (Wildman–Crippen MR) is 90.0 cm³/mol. The molecule has 0 spiro atoms. The Morgan fingerprint density at radius 2 is 0.682 bits per heavy atom. The van der Waals surface area contributed by atoms with E-state index in [0.29, 0.717) is 0 Å². The second kappa shape index (κ2) is 5.16. The number of aromatic hydroxyl groups is 4. The normalized spacial score (nSPS) is 16.0. The minimum Gasteiger partial charge on any atom is -0.504 e. The summed E-state index contributed by atoms with van der Waals surface area (Å²) in [5.41, 5.74) is 0. The molecule has 2 aliphatic heterocycles. The lowest BCUT2D eigenvalue weighted by molar-refractivity contribution is 0.401. The van der Waals surface area contributed by atoms with Gasteiger partial charge >= 0.3 is 0 Å². The monoisotopic (exact) mass is 368 g/mol. The van der Waals surface area contributed by atoms with Gasteiger partial charge in [-0.1, -0.05) is 47.0 Å². The van der Waals surface area contributed by atoms with Gasteiger partial charge in [-0.25, -0.2) is 0 Å². The lowest BCUT2D eigenvalue weighted by atomic mass is 10.3. The van der Waals surface area contributed by atoms with Gasteiger partial charge in [-0.05, 0) is 24.3 Å². The van der Waals surface area contributed by atoms with Crippen LogP contribution in [0, 0.1) is 0 Å². The molecule has 0 saturated heterocycles. The molecule has 112 valence electrons. The first kappa shape index (κ1) is 14.4. The smallest absolute Gasteiger partial charge is 0.158 e. The summed E-state index contributed by atoms with van der Waals surface area (Å²) in [6.45, 7) is 0. The van der Waals surface area contributed by atoms with Crippen LogP contribution in [0.1, 0.15) is 0 Å². The number of hydrogen-bond acceptors (Lipinski definition) is 8. The second-order valence-corrected chi connectivity index (χ2v) is 9.28. The topological polar surface area (TPSA) is 80.9 Å². The molecular formula is C14H8O4S4. The van der Waals surface area contributed by atoms with Crippen LogP contribution in [-0.2, 0) is 0 Å². The van der Waals surface area contributed by atoms with E-state index >= 15 is 0 Å². The molecule has 0 aromatic heterocycles. The summed E-state index contributed by atoms with van der Waals surface area (Å²) in [4.78, 5) is 3.63. The average Bonchev–Trinajstić information content (AvgIpc) is 3.03.